The average molecular weight is 281 g/mol. The van der Waals surface area contributed by atoms with Crippen LogP contribution in [0.4, 0.5) is 0 Å². The van der Waals surface area contributed by atoms with Gasteiger partial charge in [0, 0.05) is 5.54 Å². The summed E-state index contributed by atoms with van der Waals surface area (Å²) in [4.78, 5) is 12.9. The molecule has 1 aliphatic heterocycles. The van der Waals surface area contributed by atoms with Crippen LogP contribution < -0.4 is 10.5 Å². The molecule has 2 unspecified atom stereocenters. The van der Waals surface area contributed by atoms with Gasteiger partial charge in [0.1, 0.15) is 11.9 Å². The number of nitrogens with two attached hydrogens (primary N) is 1. The zero-order chi connectivity index (χ0) is 15.0. The van der Waals surface area contributed by atoms with Crippen molar-refractivity contribution in [2.45, 2.75) is 25.5 Å². The van der Waals surface area contributed by atoms with E-state index in [0.717, 1.165) is 5.56 Å². The predicted molar refractivity (Wildman–Crippen MR) is 82.3 cm³/mol. The van der Waals surface area contributed by atoms with Crippen molar-refractivity contribution in [3.63, 3.8) is 0 Å². The third-order valence-corrected chi connectivity index (χ3v) is 3.92. The Morgan fingerprint density at radius 3 is 2.29 bits per heavy atom. The largest absolute Gasteiger partial charge is 0.484 e. The highest BCUT2D eigenvalue weighted by molar-refractivity contribution is 6.02. The normalized spacial score (nSPS) is 21.6. The van der Waals surface area contributed by atoms with Crippen molar-refractivity contribution in [2.24, 2.45) is 11.7 Å². The van der Waals surface area contributed by atoms with Gasteiger partial charge in [-0.2, -0.15) is 0 Å². The fraction of sp³-hybridized carbons (Fsp3) is 0.278. The number of hydrogen-bond acceptors (Lipinski definition) is 3. The van der Waals surface area contributed by atoms with Gasteiger partial charge in [0.05, 0.1) is 11.5 Å². The Balaban J connectivity index is 2.12. The lowest BCUT2D eigenvalue weighted by Gasteiger charge is -2.39. The smallest absolute Gasteiger partial charge is 0.175 e. The fourth-order valence-corrected chi connectivity index (χ4v) is 2.91. The van der Waals surface area contributed by atoms with Gasteiger partial charge in [-0.3, -0.25) is 4.79 Å². The van der Waals surface area contributed by atoms with Crippen molar-refractivity contribution in [1.82, 2.24) is 0 Å². The summed E-state index contributed by atoms with van der Waals surface area (Å²) in [5.41, 5.74) is 7.22. The van der Waals surface area contributed by atoms with Crippen LogP contribution in [0.2, 0.25) is 0 Å². The second-order valence-corrected chi connectivity index (χ2v) is 6.11. The van der Waals surface area contributed by atoms with E-state index in [-0.39, 0.29) is 11.9 Å². The van der Waals surface area contributed by atoms with Crippen LogP contribution in [0.5, 0.6) is 5.75 Å². The molecule has 0 bridgehead atoms. The van der Waals surface area contributed by atoms with Crippen LogP contribution in [-0.4, -0.2) is 11.3 Å². The first kappa shape index (κ1) is 13.8. The third-order valence-electron chi connectivity index (χ3n) is 3.92. The molecule has 0 aromatic heterocycles. The highest BCUT2D eigenvalue weighted by Gasteiger charge is 2.45. The van der Waals surface area contributed by atoms with E-state index in [1.807, 2.05) is 62.4 Å². The number of Topliss-reactive ketones (excluding diaryl/α,β-unsaturated/α-hetero) is 1. The molecule has 2 N–H and O–H groups in total. The number of carbonyl (C=O) groups is 1. The van der Waals surface area contributed by atoms with Crippen molar-refractivity contribution in [2.75, 3.05) is 0 Å². The number of fused-ring (bicyclic) bond motifs is 1. The molecule has 3 nitrogen and oxygen atoms in total. The van der Waals surface area contributed by atoms with Crippen LogP contribution >= 0.6 is 0 Å². The van der Waals surface area contributed by atoms with Crippen molar-refractivity contribution < 1.29 is 9.53 Å². The van der Waals surface area contributed by atoms with Gasteiger partial charge < -0.3 is 10.5 Å². The van der Waals surface area contributed by atoms with Crippen LogP contribution in [0.15, 0.2) is 54.6 Å². The Morgan fingerprint density at radius 1 is 1.00 bits per heavy atom. The highest BCUT2D eigenvalue weighted by atomic mass is 16.5. The number of ether oxygens (including phenoxy) is 1. The maximum atomic E-state index is 12.9. The Morgan fingerprint density at radius 2 is 1.62 bits per heavy atom. The van der Waals surface area contributed by atoms with Crippen LogP contribution in [0.1, 0.15) is 35.9 Å². The van der Waals surface area contributed by atoms with Gasteiger partial charge in [-0.05, 0) is 31.5 Å². The van der Waals surface area contributed by atoms with Crippen LogP contribution in [-0.2, 0) is 0 Å². The van der Waals surface area contributed by atoms with E-state index < -0.39 is 11.5 Å². The maximum Gasteiger partial charge on any atom is 0.175 e. The van der Waals surface area contributed by atoms with E-state index >= 15 is 0 Å². The first-order valence-corrected chi connectivity index (χ1v) is 7.12. The molecular weight excluding hydrogens is 262 g/mol. The minimum absolute atomic E-state index is 0.0539. The van der Waals surface area contributed by atoms with Crippen LogP contribution in [0.3, 0.4) is 0 Å². The lowest BCUT2D eigenvalue weighted by Crippen LogP contribution is -2.50. The maximum absolute atomic E-state index is 12.9. The van der Waals surface area contributed by atoms with E-state index in [2.05, 4.69) is 0 Å². The molecule has 1 aliphatic rings. The molecule has 0 radical (unpaired) electrons. The van der Waals surface area contributed by atoms with E-state index in [0.29, 0.717) is 11.3 Å². The summed E-state index contributed by atoms with van der Waals surface area (Å²) in [5.74, 6) is 0.282. The number of rotatable bonds is 2. The lowest BCUT2D eigenvalue weighted by molar-refractivity contribution is 0.0499. The zero-order valence-corrected chi connectivity index (χ0v) is 12.2. The number of carbonyl (C=O) groups excluding carboxylic acids is 1. The van der Waals surface area contributed by atoms with Gasteiger partial charge in [0.15, 0.2) is 5.78 Å². The quantitative estimate of drug-likeness (QED) is 0.918. The SMILES string of the molecule is CC(C)(N)C1C(=O)c2ccccc2OC1c1ccccc1. The predicted octanol–water partition coefficient (Wildman–Crippen LogP) is 3.36. The van der Waals surface area contributed by atoms with Gasteiger partial charge in [0.2, 0.25) is 0 Å². The fourth-order valence-electron chi connectivity index (χ4n) is 2.91. The Hall–Kier alpha value is -2.13. The summed E-state index contributed by atoms with van der Waals surface area (Å²) < 4.78 is 6.13. The topological polar surface area (TPSA) is 52.3 Å². The van der Waals surface area contributed by atoms with Crippen molar-refractivity contribution >= 4 is 5.78 Å². The van der Waals surface area contributed by atoms with Crippen molar-refractivity contribution in [3.8, 4) is 5.75 Å². The molecule has 1 heterocycles. The summed E-state index contributed by atoms with van der Waals surface area (Å²) in [7, 11) is 0. The third kappa shape index (κ3) is 2.45. The van der Waals surface area contributed by atoms with Crippen LogP contribution in [0, 0.1) is 5.92 Å². The average Bonchev–Trinajstić information content (AvgIpc) is 2.46. The van der Waals surface area contributed by atoms with Gasteiger partial charge in [-0.1, -0.05) is 42.5 Å². The Bertz CT molecular complexity index is 658. The molecular formula is C18H19NO2. The van der Waals surface area contributed by atoms with Crippen molar-refractivity contribution in [3.05, 3.63) is 65.7 Å². The number of ketones is 1. The number of benzene rings is 2. The Kier molecular flexibility index (Phi) is 3.30. The van der Waals surface area contributed by atoms with Gasteiger partial charge >= 0.3 is 0 Å². The Labute approximate surface area is 124 Å². The summed E-state index contributed by atoms with van der Waals surface area (Å²) in [6.07, 6.45) is -0.353. The summed E-state index contributed by atoms with van der Waals surface area (Å²) >= 11 is 0. The highest BCUT2D eigenvalue weighted by Crippen LogP contribution is 2.42. The van der Waals surface area contributed by atoms with E-state index in [1.54, 1.807) is 6.07 Å². The molecule has 3 rings (SSSR count). The minimum Gasteiger partial charge on any atom is -0.484 e. The molecule has 0 spiro atoms. The molecule has 0 saturated heterocycles. The van der Waals surface area contributed by atoms with E-state index in [4.69, 9.17) is 10.5 Å². The molecule has 0 saturated carbocycles. The molecule has 0 aliphatic carbocycles. The number of hydrogen-bond donors (Lipinski definition) is 1. The van der Waals surface area contributed by atoms with Gasteiger partial charge in [-0.15, -0.1) is 0 Å². The second-order valence-electron chi connectivity index (χ2n) is 6.11. The second kappa shape index (κ2) is 5.01. The molecule has 3 heteroatoms. The van der Waals surface area contributed by atoms with Crippen molar-refractivity contribution in [1.29, 1.82) is 0 Å². The number of para-hydroxylation sites is 1. The standard InChI is InChI=1S/C18H19NO2/c1-18(2,19)15-16(20)13-10-6-7-11-14(13)21-17(15)12-8-4-3-5-9-12/h3-11,15,17H,19H2,1-2H3. The van der Waals surface area contributed by atoms with E-state index in [1.165, 1.54) is 0 Å². The summed E-state index contributed by atoms with van der Waals surface area (Å²) in [5, 5.41) is 0. The molecule has 21 heavy (non-hydrogen) atoms. The summed E-state index contributed by atoms with van der Waals surface area (Å²) in [6, 6.07) is 17.2. The van der Waals surface area contributed by atoms with Gasteiger partial charge in [0.25, 0.3) is 0 Å². The molecule has 2 atom stereocenters. The van der Waals surface area contributed by atoms with E-state index in [9.17, 15) is 4.79 Å². The minimum atomic E-state index is -0.662. The first-order valence-electron chi connectivity index (χ1n) is 7.12. The zero-order valence-electron chi connectivity index (χ0n) is 12.2. The molecule has 2 aromatic rings. The molecule has 0 amide bonds. The lowest BCUT2D eigenvalue weighted by atomic mass is 9.75. The molecule has 0 fully saturated rings. The summed E-state index contributed by atoms with van der Waals surface area (Å²) in [6.45, 7) is 3.76. The molecule has 108 valence electrons. The van der Waals surface area contributed by atoms with Crippen LogP contribution in [0.25, 0.3) is 0 Å². The van der Waals surface area contributed by atoms with Gasteiger partial charge in [-0.25, -0.2) is 0 Å². The molecule has 2 aromatic carbocycles. The monoisotopic (exact) mass is 281 g/mol. The first-order chi connectivity index (χ1) is 9.98.